The van der Waals surface area contributed by atoms with Crippen LogP contribution in [0.1, 0.15) is 6.23 Å². The molecule has 0 aromatic carbocycles. The Labute approximate surface area is 176 Å². The number of nitrogens with zero attached hydrogens (tertiary/aromatic N) is 3. The number of phosphoric ester groups is 1. The number of nitrogens with one attached hydrogen (secondary N) is 1. The van der Waals surface area contributed by atoms with E-state index in [1.54, 1.807) is 0 Å². The predicted octanol–water partition coefficient (Wildman–Crippen LogP) is -2.22. The Morgan fingerprint density at radius 3 is 2.47 bits per heavy atom. The number of nitrogens with two attached hydrogens (primary N) is 1. The topological polar surface area (TPSA) is 290 Å². The van der Waals surface area contributed by atoms with E-state index in [1.165, 1.54) is 0 Å². The molecule has 21 heteroatoms. The number of fused-ring (bicyclic) bond motifs is 1. The van der Waals surface area contributed by atoms with Crippen LogP contribution in [-0.2, 0) is 27.3 Å². The van der Waals surface area contributed by atoms with Crippen molar-refractivity contribution < 1.29 is 57.1 Å². The lowest BCUT2D eigenvalue weighted by atomic mass is 10.1. The van der Waals surface area contributed by atoms with Gasteiger partial charge in [-0.05, 0) is 0 Å². The van der Waals surface area contributed by atoms with Crippen molar-refractivity contribution in [3.05, 3.63) is 16.7 Å². The summed E-state index contributed by atoms with van der Waals surface area (Å²) in [6.45, 7) is -0.957. The van der Waals surface area contributed by atoms with E-state index >= 15 is 0 Å². The van der Waals surface area contributed by atoms with Crippen LogP contribution in [0.2, 0.25) is 0 Å². The lowest BCUT2D eigenvalue weighted by Gasteiger charge is -2.19. The van der Waals surface area contributed by atoms with Gasteiger partial charge in [-0.1, -0.05) is 0 Å². The van der Waals surface area contributed by atoms with Crippen molar-refractivity contribution in [3.63, 3.8) is 0 Å². The molecule has 0 saturated carbocycles. The van der Waals surface area contributed by atoms with Crippen molar-refractivity contribution in [1.29, 1.82) is 0 Å². The molecule has 18 nitrogen and oxygen atoms in total. The van der Waals surface area contributed by atoms with E-state index in [4.69, 9.17) is 20.3 Å². The summed E-state index contributed by atoms with van der Waals surface area (Å²) in [7, 11) is -15.7. The number of aromatic amines is 1. The molecule has 180 valence electrons. The first-order valence-corrected chi connectivity index (χ1v) is 13.4. The molecule has 1 fully saturated rings. The van der Waals surface area contributed by atoms with Gasteiger partial charge in [0.2, 0.25) is 5.95 Å². The fraction of sp³-hybridized carbons (Fsp3) is 0.545. The van der Waals surface area contributed by atoms with Crippen molar-refractivity contribution in [2.75, 3.05) is 18.2 Å². The largest absolute Gasteiger partial charge is 0.479 e. The number of imidazole rings is 1. The SMILES string of the molecule is Nc1nc2c(ncn2[C@@H]2O[C@H](COP(=O)(O)OP(=O)(O)CP(=O)(O)O)[C@H](O)[C@H]2O)c(=O)[nH]1. The van der Waals surface area contributed by atoms with Gasteiger partial charge in [0.15, 0.2) is 23.3 Å². The van der Waals surface area contributed by atoms with Crippen molar-refractivity contribution in [2.24, 2.45) is 0 Å². The van der Waals surface area contributed by atoms with Gasteiger partial charge in [0.05, 0.1) is 12.9 Å². The summed E-state index contributed by atoms with van der Waals surface area (Å²) in [6.07, 6.45) is -5.19. The third-order valence-electron chi connectivity index (χ3n) is 4.06. The van der Waals surface area contributed by atoms with Crippen LogP contribution in [0.4, 0.5) is 5.95 Å². The van der Waals surface area contributed by atoms with Gasteiger partial charge in [-0.2, -0.15) is 4.98 Å². The highest BCUT2D eigenvalue weighted by atomic mass is 31.3. The predicted molar refractivity (Wildman–Crippen MR) is 102 cm³/mol. The van der Waals surface area contributed by atoms with Gasteiger partial charge in [-0.25, -0.2) is 13.9 Å². The highest BCUT2D eigenvalue weighted by Gasteiger charge is 2.46. The fourth-order valence-electron chi connectivity index (χ4n) is 2.84. The highest BCUT2D eigenvalue weighted by Crippen LogP contribution is 2.65. The smallest absolute Gasteiger partial charge is 0.387 e. The number of H-pyrrole nitrogens is 1. The van der Waals surface area contributed by atoms with Crippen LogP contribution in [0.25, 0.3) is 11.2 Å². The average molecular weight is 521 g/mol. The minimum atomic E-state index is -5.35. The van der Waals surface area contributed by atoms with Gasteiger partial charge < -0.3 is 40.3 Å². The summed E-state index contributed by atoms with van der Waals surface area (Å²) < 4.78 is 49.1. The second-order valence-corrected chi connectivity index (χ2v) is 12.2. The molecule has 2 aromatic rings. The van der Waals surface area contributed by atoms with E-state index in [0.29, 0.717) is 0 Å². The van der Waals surface area contributed by atoms with Crippen LogP contribution >= 0.6 is 23.0 Å². The van der Waals surface area contributed by atoms with Gasteiger partial charge in [-0.3, -0.25) is 28.0 Å². The van der Waals surface area contributed by atoms with Gasteiger partial charge in [0, 0.05) is 0 Å². The number of phosphoric acid groups is 1. The molecule has 1 aliphatic rings. The molecule has 2 unspecified atom stereocenters. The van der Waals surface area contributed by atoms with E-state index in [2.05, 4.69) is 23.8 Å². The standard InChI is InChI=1S/C11H18N5O13P3/c12-11-14-8-5(9(19)15-11)13-2-16(8)10-7(18)6(17)4(28-10)1-27-32(25,26)29-31(23,24)3-30(20,21)22/h2,4,6-7,10,17-18H,1,3H2,(H,23,24)(H,25,26)(H2,20,21,22)(H3,12,14,15,19)/t4-,6+,7-,10-/m1/s1. The fourth-order valence-corrected chi connectivity index (χ4v) is 7.18. The summed E-state index contributed by atoms with van der Waals surface area (Å²) in [4.78, 5) is 58.1. The monoisotopic (exact) mass is 521 g/mol. The van der Waals surface area contributed by atoms with E-state index in [-0.39, 0.29) is 17.1 Å². The van der Waals surface area contributed by atoms with Gasteiger partial charge >= 0.3 is 23.0 Å². The van der Waals surface area contributed by atoms with E-state index < -0.39 is 65.6 Å². The van der Waals surface area contributed by atoms with Crippen molar-refractivity contribution in [2.45, 2.75) is 24.5 Å². The van der Waals surface area contributed by atoms with Gasteiger partial charge in [0.1, 0.15) is 18.3 Å². The first kappa shape index (κ1) is 25.1. The molecule has 0 bridgehead atoms. The van der Waals surface area contributed by atoms with Crippen LogP contribution in [0.15, 0.2) is 11.1 Å². The molecule has 9 N–H and O–H groups in total. The van der Waals surface area contributed by atoms with Crippen molar-refractivity contribution in [1.82, 2.24) is 19.5 Å². The second kappa shape index (κ2) is 8.68. The maximum Gasteiger partial charge on any atom is 0.479 e. The van der Waals surface area contributed by atoms with E-state index in [0.717, 1.165) is 10.9 Å². The Kier molecular flexibility index (Phi) is 6.81. The number of aromatic nitrogens is 4. The Morgan fingerprint density at radius 1 is 1.19 bits per heavy atom. The molecule has 1 saturated heterocycles. The molecule has 0 radical (unpaired) electrons. The number of hydrogen-bond donors (Lipinski definition) is 8. The van der Waals surface area contributed by atoms with Crippen LogP contribution in [-0.4, -0.2) is 80.1 Å². The second-order valence-electron chi connectivity index (χ2n) is 6.61. The van der Waals surface area contributed by atoms with Gasteiger partial charge in [0.25, 0.3) is 5.56 Å². The molecule has 0 amide bonds. The molecular weight excluding hydrogens is 503 g/mol. The number of ether oxygens (including phenoxy) is 1. The molecule has 0 aliphatic carbocycles. The summed E-state index contributed by atoms with van der Waals surface area (Å²) in [6, 6.07) is 0. The summed E-state index contributed by atoms with van der Waals surface area (Å²) in [5.41, 5.74) is 4.55. The number of hydrogen-bond acceptors (Lipinski definition) is 12. The summed E-state index contributed by atoms with van der Waals surface area (Å²) >= 11 is 0. The average Bonchev–Trinajstić information content (AvgIpc) is 3.12. The maximum atomic E-state index is 11.9. The molecule has 1 aliphatic heterocycles. The number of aliphatic hydroxyl groups excluding tert-OH is 2. The number of rotatable bonds is 8. The van der Waals surface area contributed by atoms with E-state index in [9.17, 15) is 38.5 Å². The van der Waals surface area contributed by atoms with Crippen molar-refractivity contribution in [3.8, 4) is 0 Å². The lowest BCUT2D eigenvalue weighted by Crippen LogP contribution is -2.33. The highest BCUT2D eigenvalue weighted by molar-refractivity contribution is 7.73. The molecule has 2 aromatic heterocycles. The molecular formula is C11H18N5O13P3. The van der Waals surface area contributed by atoms with Crippen LogP contribution in [0, 0.1) is 0 Å². The minimum Gasteiger partial charge on any atom is -0.387 e. The van der Waals surface area contributed by atoms with Crippen LogP contribution in [0.5, 0.6) is 0 Å². The number of aliphatic hydroxyl groups is 2. The third-order valence-corrected chi connectivity index (χ3v) is 9.28. The quantitative estimate of drug-likeness (QED) is 0.171. The lowest BCUT2D eigenvalue weighted by molar-refractivity contribution is -0.0501. The van der Waals surface area contributed by atoms with Crippen LogP contribution in [0.3, 0.4) is 0 Å². The molecule has 3 rings (SSSR count). The Balaban J connectivity index is 1.72. The Bertz CT molecular complexity index is 1210. The normalized spacial score (nSPS) is 27.9. The number of anilines is 1. The Hall–Kier alpha value is -1.52. The minimum absolute atomic E-state index is 0.0983. The number of nitrogen functional groups attached to an aromatic ring is 1. The zero-order chi connectivity index (χ0) is 24.1. The first-order chi connectivity index (χ1) is 14.6. The third kappa shape index (κ3) is 5.69. The molecule has 6 atom stereocenters. The zero-order valence-electron chi connectivity index (χ0n) is 15.6. The van der Waals surface area contributed by atoms with E-state index in [1.807, 2.05) is 0 Å². The zero-order valence-corrected chi connectivity index (χ0v) is 18.3. The Morgan fingerprint density at radius 2 is 1.84 bits per heavy atom. The summed E-state index contributed by atoms with van der Waals surface area (Å²) in [5, 5.41) is 20.5. The van der Waals surface area contributed by atoms with Crippen molar-refractivity contribution >= 4 is 40.1 Å². The molecule has 32 heavy (non-hydrogen) atoms. The summed E-state index contributed by atoms with van der Waals surface area (Å²) in [5.74, 6) is -2.00. The maximum absolute atomic E-state index is 11.9. The van der Waals surface area contributed by atoms with Gasteiger partial charge in [-0.15, -0.1) is 0 Å². The molecule has 0 spiro atoms. The molecule has 3 heterocycles. The first-order valence-electron chi connectivity index (χ1n) is 8.37. The van der Waals surface area contributed by atoms with Crippen LogP contribution < -0.4 is 11.3 Å².